The second-order valence-electron chi connectivity index (χ2n) is 9.11. The summed E-state index contributed by atoms with van der Waals surface area (Å²) in [5.41, 5.74) is 10.7. The normalized spacial score (nSPS) is 22.2. The van der Waals surface area contributed by atoms with Gasteiger partial charge in [0.2, 0.25) is 11.8 Å². The van der Waals surface area contributed by atoms with Gasteiger partial charge in [0.05, 0.1) is 0 Å². The zero-order valence-corrected chi connectivity index (χ0v) is 18.0. The van der Waals surface area contributed by atoms with Crippen molar-refractivity contribution in [1.29, 1.82) is 0 Å². The molecule has 1 unspecified atom stereocenters. The van der Waals surface area contributed by atoms with Gasteiger partial charge in [-0.25, -0.2) is 0 Å². The van der Waals surface area contributed by atoms with Gasteiger partial charge in [0.15, 0.2) is 0 Å². The van der Waals surface area contributed by atoms with E-state index in [4.69, 9.17) is 5.73 Å². The number of nitrogens with one attached hydrogen (secondary N) is 1. The minimum Gasteiger partial charge on any atom is -0.399 e. The van der Waals surface area contributed by atoms with Gasteiger partial charge in [-0.2, -0.15) is 0 Å². The predicted octanol–water partition coefficient (Wildman–Crippen LogP) is 2.41. The minimum atomic E-state index is -0.566. The average Bonchev–Trinajstić information content (AvgIpc) is 3.11. The van der Waals surface area contributed by atoms with Crippen LogP contribution in [0.3, 0.4) is 0 Å². The van der Waals surface area contributed by atoms with Crippen LogP contribution in [0.2, 0.25) is 0 Å². The zero-order valence-electron chi connectivity index (χ0n) is 18.0. The molecule has 0 saturated carbocycles. The van der Waals surface area contributed by atoms with Gasteiger partial charge in [0.25, 0.3) is 5.91 Å². The first kappa shape index (κ1) is 20.7. The lowest BCUT2D eigenvalue weighted by Gasteiger charge is -2.32. The number of nitrogens with zero attached hydrogens (tertiary/aromatic N) is 2. The maximum absolute atomic E-state index is 13.0. The number of fused-ring (bicyclic) bond motifs is 1. The molecule has 2 saturated heterocycles. The van der Waals surface area contributed by atoms with Crippen molar-refractivity contribution in [3.05, 3.63) is 64.7 Å². The number of amides is 3. The number of nitrogen functional groups attached to an aromatic ring is 1. The highest BCUT2D eigenvalue weighted by atomic mass is 16.2. The van der Waals surface area contributed by atoms with Crippen molar-refractivity contribution in [1.82, 2.24) is 15.1 Å². The van der Waals surface area contributed by atoms with Gasteiger partial charge < -0.3 is 10.6 Å². The first-order valence-corrected chi connectivity index (χ1v) is 11.3. The molecule has 7 nitrogen and oxygen atoms in total. The molecule has 1 atom stereocenters. The molecular weight excluding hydrogens is 404 g/mol. The number of piperidine rings is 2. The third-order valence-electron chi connectivity index (χ3n) is 6.99. The lowest BCUT2D eigenvalue weighted by atomic mass is 9.89. The van der Waals surface area contributed by atoms with Gasteiger partial charge in [-0.1, -0.05) is 24.3 Å². The van der Waals surface area contributed by atoms with Crippen LogP contribution in [0.15, 0.2) is 42.5 Å². The number of likely N-dealkylation sites (tertiary alicyclic amines) is 1. The van der Waals surface area contributed by atoms with Crippen molar-refractivity contribution in [2.24, 2.45) is 0 Å². The van der Waals surface area contributed by atoms with Crippen LogP contribution < -0.4 is 11.1 Å². The van der Waals surface area contributed by atoms with E-state index in [1.165, 1.54) is 5.56 Å². The molecule has 3 amide bonds. The summed E-state index contributed by atoms with van der Waals surface area (Å²) in [7, 11) is 0. The van der Waals surface area contributed by atoms with Crippen LogP contribution in [0.4, 0.5) is 5.69 Å². The van der Waals surface area contributed by atoms with Crippen molar-refractivity contribution in [3.8, 4) is 0 Å². The molecule has 2 aromatic carbocycles. The molecule has 2 fully saturated rings. The van der Waals surface area contributed by atoms with Gasteiger partial charge in [0, 0.05) is 30.8 Å². The minimum absolute atomic E-state index is 0.113. The Labute approximate surface area is 187 Å². The zero-order chi connectivity index (χ0) is 22.2. The first-order chi connectivity index (χ1) is 15.5. The Morgan fingerprint density at radius 1 is 0.969 bits per heavy atom. The molecular formula is C25H28N4O3. The van der Waals surface area contributed by atoms with Gasteiger partial charge in [-0.15, -0.1) is 0 Å². The van der Waals surface area contributed by atoms with Crippen LogP contribution in [-0.2, 0) is 22.7 Å². The number of benzene rings is 2. The van der Waals surface area contributed by atoms with Crippen LogP contribution in [0.1, 0.15) is 58.6 Å². The molecule has 3 N–H and O–H groups in total. The molecule has 3 aliphatic rings. The Morgan fingerprint density at radius 2 is 1.72 bits per heavy atom. The molecule has 0 spiro atoms. The molecule has 32 heavy (non-hydrogen) atoms. The van der Waals surface area contributed by atoms with Crippen LogP contribution in [0, 0.1) is 0 Å². The van der Waals surface area contributed by atoms with Gasteiger partial charge in [0.1, 0.15) is 6.04 Å². The molecule has 0 bridgehead atoms. The second kappa shape index (κ2) is 8.39. The highest BCUT2D eigenvalue weighted by Gasteiger charge is 2.39. The Kier molecular flexibility index (Phi) is 5.43. The standard InChI is InChI=1S/C25H28N4O3/c26-20-5-3-17(4-6-20)18-9-11-28(12-10-18)14-16-1-2-19-15-29(25(32)21(19)13-16)22-7-8-23(30)27-24(22)31/h1-6,13,18,22H,7-12,14-15,26H2,(H,27,30,31). The largest absolute Gasteiger partial charge is 0.399 e. The monoisotopic (exact) mass is 432 g/mol. The third-order valence-corrected chi connectivity index (χ3v) is 6.99. The number of anilines is 1. The predicted molar refractivity (Wildman–Crippen MR) is 121 cm³/mol. The number of hydrogen-bond donors (Lipinski definition) is 2. The maximum Gasteiger partial charge on any atom is 0.255 e. The Hall–Kier alpha value is -3.19. The quantitative estimate of drug-likeness (QED) is 0.571. The van der Waals surface area contributed by atoms with Crippen molar-refractivity contribution < 1.29 is 14.4 Å². The third kappa shape index (κ3) is 4.00. The molecule has 0 aliphatic carbocycles. The Bertz CT molecular complexity index is 1060. The highest BCUT2D eigenvalue weighted by Crippen LogP contribution is 2.31. The number of nitrogens with two attached hydrogens (primary N) is 1. The van der Waals surface area contributed by atoms with E-state index >= 15 is 0 Å². The summed E-state index contributed by atoms with van der Waals surface area (Å²) in [6, 6.07) is 13.7. The van der Waals surface area contributed by atoms with E-state index in [0.717, 1.165) is 49.3 Å². The van der Waals surface area contributed by atoms with Crippen LogP contribution in [-0.4, -0.2) is 46.7 Å². The molecule has 166 valence electrons. The molecule has 0 radical (unpaired) electrons. The molecule has 3 aliphatic heterocycles. The second-order valence-corrected chi connectivity index (χ2v) is 9.11. The molecule has 5 rings (SSSR count). The number of rotatable bonds is 4. The SMILES string of the molecule is Nc1ccc(C2CCN(Cc3ccc4c(c3)C(=O)N(C3CCC(=O)NC3=O)C4)CC2)cc1. The van der Waals surface area contributed by atoms with E-state index < -0.39 is 6.04 Å². The van der Waals surface area contributed by atoms with Crippen molar-refractivity contribution in [2.45, 2.75) is 50.7 Å². The van der Waals surface area contributed by atoms with E-state index in [1.807, 2.05) is 24.3 Å². The lowest BCUT2D eigenvalue weighted by molar-refractivity contribution is -0.136. The molecule has 7 heteroatoms. The van der Waals surface area contributed by atoms with E-state index in [9.17, 15) is 14.4 Å². The molecule has 2 aromatic rings. The van der Waals surface area contributed by atoms with Crippen molar-refractivity contribution in [3.63, 3.8) is 0 Å². The summed E-state index contributed by atoms with van der Waals surface area (Å²) in [5.74, 6) is -0.182. The first-order valence-electron chi connectivity index (χ1n) is 11.3. The number of imide groups is 1. The number of carbonyl (C=O) groups excluding carboxylic acids is 3. The Morgan fingerprint density at radius 3 is 2.44 bits per heavy atom. The lowest BCUT2D eigenvalue weighted by Crippen LogP contribution is -2.52. The highest BCUT2D eigenvalue weighted by molar-refractivity contribution is 6.05. The van der Waals surface area contributed by atoms with Crippen LogP contribution >= 0.6 is 0 Å². The fourth-order valence-corrected chi connectivity index (χ4v) is 5.15. The van der Waals surface area contributed by atoms with Crippen molar-refractivity contribution >= 4 is 23.4 Å². The smallest absolute Gasteiger partial charge is 0.255 e. The number of carbonyl (C=O) groups is 3. The van der Waals surface area contributed by atoms with E-state index in [0.29, 0.717) is 24.4 Å². The van der Waals surface area contributed by atoms with E-state index in [-0.39, 0.29) is 24.1 Å². The maximum atomic E-state index is 13.0. The summed E-state index contributed by atoms with van der Waals surface area (Å²) in [6.45, 7) is 3.27. The van der Waals surface area contributed by atoms with Gasteiger partial charge >= 0.3 is 0 Å². The summed E-state index contributed by atoms with van der Waals surface area (Å²) in [6.07, 6.45) is 2.88. The topological polar surface area (TPSA) is 95.7 Å². The van der Waals surface area contributed by atoms with Gasteiger partial charge in [-0.05, 0) is 73.2 Å². The number of hydrogen-bond acceptors (Lipinski definition) is 5. The molecule has 0 aromatic heterocycles. The van der Waals surface area contributed by atoms with Crippen molar-refractivity contribution in [2.75, 3.05) is 18.8 Å². The summed E-state index contributed by atoms with van der Waals surface area (Å²) in [4.78, 5) is 40.7. The van der Waals surface area contributed by atoms with E-state index in [1.54, 1.807) is 4.90 Å². The van der Waals surface area contributed by atoms with E-state index in [2.05, 4.69) is 28.4 Å². The van der Waals surface area contributed by atoms with Gasteiger partial charge in [-0.3, -0.25) is 24.6 Å². The fourth-order valence-electron chi connectivity index (χ4n) is 5.15. The molecule has 3 heterocycles. The summed E-state index contributed by atoms with van der Waals surface area (Å²) >= 11 is 0. The van der Waals surface area contributed by atoms with Crippen LogP contribution in [0.25, 0.3) is 0 Å². The Balaban J connectivity index is 1.21. The fraction of sp³-hybridized carbons (Fsp3) is 0.400. The average molecular weight is 433 g/mol. The summed E-state index contributed by atoms with van der Waals surface area (Å²) in [5, 5.41) is 2.35. The summed E-state index contributed by atoms with van der Waals surface area (Å²) < 4.78 is 0. The van der Waals surface area contributed by atoms with Crippen LogP contribution in [0.5, 0.6) is 0 Å².